The summed E-state index contributed by atoms with van der Waals surface area (Å²) in [7, 11) is 1.79. The standard InChI is InChI=1S/C19H22N2O3/c1-20(12-15-11-14-5-2-3-7-17(14)24-15)19(23)16-6-4-10-21(16)18(22)13-8-9-13/h2-3,5,7,11,13,16H,4,6,8-10,12H2,1H3/t16-/m1/s1. The SMILES string of the molecule is CN(Cc1cc2ccccc2o1)C(=O)[C@H]1CCCN1C(=O)C1CC1. The van der Waals surface area contributed by atoms with Gasteiger partial charge in [-0.25, -0.2) is 0 Å². The summed E-state index contributed by atoms with van der Waals surface area (Å²) >= 11 is 0. The number of para-hydroxylation sites is 1. The molecule has 0 bridgehead atoms. The van der Waals surface area contributed by atoms with Crippen molar-refractivity contribution in [3.05, 3.63) is 36.1 Å². The monoisotopic (exact) mass is 326 g/mol. The third-order valence-corrected chi connectivity index (χ3v) is 4.99. The van der Waals surface area contributed by atoms with E-state index in [1.807, 2.05) is 30.3 Å². The number of hydrogen-bond donors (Lipinski definition) is 0. The Morgan fingerprint density at radius 2 is 2.04 bits per heavy atom. The first-order valence-electron chi connectivity index (χ1n) is 8.66. The Morgan fingerprint density at radius 3 is 2.79 bits per heavy atom. The number of carbonyl (C=O) groups excluding carboxylic acids is 2. The maximum Gasteiger partial charge on any atom is 0.245 e. The summed E-state index contributed by atoms with van der Waals surface area (Å²) in [5, 5.41) is 1.04. The van der Waals surface area contributed by atoms with E-state index in [4.69, 9.17) is 4.42 Å². The van der Waals surface area contributed by atoms with Gasteiger partial charge in [0.05, 0.1) is 6.54 Å². The van der Waals surface area contributed by atoms with Gasteiger partial charge in [0.2, 0.25) is 11.8 Å². The van der Waals surface area contributed by atoms with Crippen LogP contribution < -0.4 is 0 Å². The van der Waals surface area contributed by atoms with Crippen molar-refractivity contribution in [2.75, 3.05) is 13.6 Å². The van der Waals surface area contributed by atoms with Gasteiger partial charge in [0.1, 0.15) is 17.4 Å². The van der Waals surface area contributed by atoms with Crippen LogP contribution in [0, 0.1) is 5.92 Å². The highest BCUT2D eigenvalue weighted by Crippen LogP contribution is 2.34. The van der Waals surface area contributed by atoms with Crippen LogP contribution in [0.3, 0.4) is 0 Å². The Hall–Kier alpha value is -2.30. The lowest BCUT2D eigenvalue weighted by molar-refractivity contribution is -0.144. The molecular formula is C19H22N2O3. The lowest BCUT2D eigenvalue weighted by atomic mass is 10.2. The van der Waals surface area contributed by atoms with E-state index in [9.17, 15) is 9.59 Å². The fourth-order valence-electron chi connectivity index (χ4n) is 3.53. The third kappa shape index (κ3) is 2.79. The Balaban J connectivity index is 1.45. The Bertz CT molecular complexity index is 745. The molecule has 1 aromatic carbocycles. The summed E-state index contributed by atoms with van der Waals surface area (Å²) in [4.78, 5) is 28.7. The van der Waals surface area contributed by atoms with Crippen LogP contribution in [0.25, 0.3) is 11.0 Å². The zero-order chi connectivity index (χ0) is 16.7. The van der Waals surface area contributed by atoms with Gasteiger partial charge in [-0.05, 0) is 37.8 Å². The summed E-state index contributed by atoms with van der Waals surface area (Å²) < 4.78 is 5.80. The van der Waals surface area contributed by atoms with E-state index >= 15 is 0 Å². The van der Waals surface area contributed by atoms with E-state index in [-0.39, 0.29) is 23.8 Å². The van der Waals surface area contributed by atoms with Gasteiger partial charge < -0.3 is 14.2 Å². The maximum absolute atomic E-state index is 12.8. The Labute approximate surface area is 141 Å². The van der Waals surface area contributed by atoms with E-state index in [1.54, 1.807) is 16.8 Å². The molecule has 2 fully saturated rings. The summed E-state index contributed by atoms with van der Waals surface area (Å²) in [6.07, 6.45) is 3.63. The minimum Gasteiger partial charge on any atom is -0.459 e. The number of carbonyl (C=O) groups is 2. The fourth-order valence-corrected chi connectivity index (χ4v) is 3.53. The third-order valence-electron chi connectivity index (χ3n) is 4.99. The zero-order valence-corrected chi connectivity index (χ0v) is 13.9. The molecule has 0 unspecified atom stereocenters. The molecule has 1 aromatic heterocycles. The smallest absolute Gasteiger partial charge is 0.245 e. The first-order chi connectivity index (χ1) is 11.6. The molecule has 2 aromatic rings. The van der Waals surface area contributed by atoms with Crippen LogP contribution in [0.4, 0.5) is 0 Å². The molecule has 4 rings (SSSR count). The molecule has 0 radical (unpaired) electrons. The number of rotatable bonds is 4. The lowest BCUT2D eigenvalue weighted by Crippen LogP contribution is -2.46. The quantitative estimate of drug-likeness (QED) is 0.868. The highest BCUT2D eigenvalue weighted by Gasteiger charge is 2.41. The van der Waals surface area contributed by atoms with Crippen LogP contribution in [0.15, 0.2) is 34.7 Å². The number of nitrogens with zero attached hydrogens (tertiary/aromatic N) is 2. The Morgan fingerprint density at radius 1 is 1.25 bits per heavy atom. The number of hydrogen-bond acceptors (Lipinski definition) is 3. The highest BCUT2D eigenvalue weighted by molar-refractivity contribution is 5.90. The van der Waals surface area contributed by atoms with Gasteiger partial charge in [-0.3, -0.25) is 9.59 Å². The van der Waals surface area contributed by atoms with Crippen molar-refractivity contribution in [2.24, 2.45) is 5.92 Å². The minimum atomic E-state index is -0.299. The van der Waals surface area contributed by atoms with Crippen LogP contribution in [-0.2, 0) is 16.1 Å². The molecule has 126 valence electrons. The summed E-state index contributed by atoms with van der Waals surface area (Å²) in [6, 6.07) is 9.50. The first-order valence-corrected chi connectivity index (χ1v) is 8.66. The molecule has 24 heavy (non-hydrogen) atoms. The van der Waals surface area contributed by atoms with E-state index in [0.717, 1.165) is 42.4 Å². The number of likely N-dealkylation sites (N-methyl/N-ethyl adjacent to an activating group) is 1. The minimum absolute atomic E-state index is 0.0157. The molecule has 1 aliphatic heterocycles. The van der Waals surface area contributed by atoms with Gasteiger partial charge in [-0.2, -0.15) is 0 Å². The predicted octanol–water partition coefficient (Wildman–Crippen LogP) is 2.79. The molecule has 1 aliphatic carbocycles. The maximum atomic E-state index is 12.8. The average molecular weight is 326 g/mol. The number of fused-ring (bicyclic) bond motifs is 1. The Kier molecular flexibility index (Phi) is 3.79. The second-order valence-corrected chi connectivity index (χ2v) is 6.91. The van der Waals surface area contributed by atoms with Crippen molar-refractivity contribution in [1.29, 1.82) is 0 Å². The first kappa shape index (κ1) is 15.2. The van der Waals surface area contributed by atoms with Crippen LogP contribution in [0.5, 0.6) is 0 Å². The average Bonchev–Trinajstić information content (AvgIpc) is 3.17. The van der Waals surface area contributed by atoms with E-state index in [0.29, 0.717) is 13.1 Å². The largest absolute Gasteiger partial charge is 0.459 e. The molecule has 1 saturated heterocycles. The topological polar surface area (TPSA) is 53.8 Å². The van der Waals surface area contributed by atoms with Crippen molar-refractivity contribution in [2.45, 2.75) is 38.3 Å². The van der Waals surface area contributed by atoms with Gasteiger partial charge in [0.15, 0.2) is 0 Å². The molecule has 5 heteroatoms. The second-order valence-electron chi connectivity index (χ2n) is 6.91. The molecule has 2 amide bonds. The van der Waals surface area contributed by atoms with Crippen molar-refractivity contribution >= 4 is 22.8 Å². The highest BCUT2D eigenvalue weighted by atomic mass is 16.3. The molecule has 1 atom stereocenters. The lowest BCUT2D eigenvalue weighted by Gasteiger charge is -2.27. The van der Waals surface area contributed by atoms with Gasteiger partial charge in [0.25, 0.3) is 0 Å². The van der Waals surface area contributed by atoms with Crippen molar-refractivity contribution in [1.82, 2.24) is 9.80 Å². The van der Waals surface area contributed by atoms with E-state index < -0.39 is 0 Å². The summed E-state index contributed by atoms with van der Waals surface area (Å²) in [5.41, 5.74) is 0.833. The molecular weight excluding hydrogens is 304 g/mol. The molecule has 2 aliphatic rings. The normalized spacial score (nSPS) is 20.5. The summed E-state index contributed by atoms with van der Waals surface area (Å²) in [5.74, 6) is 1.12. The van der Waals surface area contributed by atoms with Crippen LogP contribution in [0.1, 0.15) is 31.4 Å². The van der Waals surface area contributed by atoms with Crippen molar-refractivity contribution < 1.29 is 14.0 Å². The predicted molar refractivity (Wildman–Crippen MR) is 90.1 cm³/mol. The molecule has 0 N–H and O–H groups in total. The van der Waals surface area contributed by atoms with Crippen molar-refractivity contribution in [3.8, 4) is 0 Å². The summed E-state index contributed by atoms with van der Waals surface area (Å²) in [6.45, 7) is 1.14. The van der Waals surface area contributed by atoms with Crippen LogP contribution in [-0.4, -0.2) is 41.2 Å². The van der Waals surface area contributed by atoms with Crippen LogP contribution in [0.2, 0.25) is 0 Å². The zero-order valence-electron chi connectivity index (χ0n) is 13.9. The van der Waals surface area contributed by atoms with Gasteiger partial charge >= 0.3 is 0 Å². The van der Waals surface area contributed by atoms with Gasteiger partial charge in [-0.1, -0.05) is 18.2 Å². The fraction of sp³-hybridized carbons (Fsp3) is 0.474. The van der Waals surface area contributed by atoms with Crippen LogP contribution >= 0.6 is 0 Å². The number of amides is 2. The molecule has 5 nitrogen and oxygen atoms in total. The number of likely N-dealkylation sites (tertiary alicyclic amines) is 1. The molecule has 1 saturated carbocycles. The molecule has 2 heterocycles. The second kappa shape index (κ2) is 5.96. The van der Waals surface area contributed by atoms with Crippen molar-refractivity contribution in [3.63, 3.8) is 0 Å². The number of benzene rings is 1. The van der Waals surface area contributed by atoms with E-state index in [1.165, 1.54) is 0 Å². The van der Waals surface area contributed by atoms with E-state index in [2.05, 4.69) is 0 Å². The molecule has 0 spiro atoms. The number of furan rings is 1. The van der Waals surface area contributed by atoms with Gasteiger partial charge in [-0.15, -0.1) is 0 Å². The van der Waals surface area contributed by atoms with Gasteiger partial charge in [0, 0.05) is 24.9 Å².